The second-order valence-electron chi connectivity index (χ2n) is 20.6. The van der Waals surface area contributed by atoms with Gasteiger partial charge in [-0.2, -0.15) is 10.5 Å². The lowest BCUT2D eigenvalue weighted by Crippen LogP contribution is -2.44. The lowest BCUT2D eigenvalue weighted by molar-refractivity contribution is -0.143. The van der Waals surface area contributed by atoms with Crippen molar-refractivity contribution in [3.8, 4) is 12.1 Å². The summed E-state index contributed by atoms with van der Waals surface area (Å²) in [5, 5.41) is 38.9. The predicted octanol–water partition coefficient (Wildman–Crippen LogP) is 15.3. The molecule has 0 spiro atoms. The Morgan fingerprint density at radius 3 is 1.16 bits per heavy atom. The number of hydroxylamine groups is 1. The number of nitrogens with zero attached hydrogens (tertiary/aromatic N) is 2. The molecule has 1 amide bonds. The summed E-state index contributed by atoms with van der Waals surface area (Å²) in [6, 6.07) is 55.7. The first-order valence-electron chi connectivity index (χ1n) is 26.3. The van der Waals surface area contributed by atoms with Gasteiger partial charge in [-0.1, -0.05) is 177 Å². The van der Waals surface area contributed by atoms with Crippen molar-refractivity contribution in [3.05, 3.63) is 282 Å². The van der Waals surface area contributed by atoms with E-state index in [0.29, 0.717) is 71.9 Å². The van der Waals surface area contributed by atoms with Crippen LogP contribution in [0.2, 0.25) is 0 Å². The van der Waals surface area contributed by atoms with Crippen LogP contribution in [0.1, 0.15) is 89.0 Å². The number of alkyl halides is 2. The van der Waals surface area contributed by atoms with Gasteiger partial charge >= 0.3 is 5.97 Å². The van der Waals surface area contributed by atoms with Crippen molar-refractivity contribution in [2.24, 2.45) is 0 Å². The second-order valence-corrected chi connectivity index (χ2v) is 21.7. The maximum Gasteiger partial charge on any atom is 0.314 e. The standard InChI is InChI=1S/C17H16FNO2.C17H14FN.C17H15FO2.C9H8FN.C8H8Br2/c1-11-14(7-4-8-15(11)18)17(16(20)19-21)9-12-5-2-3-6-13(12)10-17;1-12-15(7-4-8-16(12)18)17(11-19)9-13-5-2-3-6-14(13)10-17;1-11-14(7-4-8-15(11)18)17(16(19)20)9-12-5-2-3-6-13(12)10-17;1-7-8(5-6-11)3-2-4-9(7)10;9-5-7-3-1-2-4-8(7)6-10/h2-8,21H,9-10H2,1H3,(H,19,20);2-8H,9-10H2,1H3;2-8H,9-10H2,1H3,(H,19,20);2-4H,5H2,1H3;1-4H,5-6H2. The van der Waals surface area contributed by atoms with E-state index in [2.05, 4.69) is 74.3 Å². The molecule has 7 nitrogen and oxygen atoms in total. The summed E-state index contributed by atoms with van der Waals surface area (Å²) in [7, 11) is 0. The lowest BCUT2D eigenvalue weighted by Gasteiger charge is -2.28. The van der Waals surface area contributed by atoms with Gasteiger partial charge < -0.3 is 5.11 Å². The number of carbonyl (C=O) groups is 2. The fourth-order valence-corrected chi connectivity index (χ4v) is 12.4. The summed E-state index contributed by atoms with van der Waals surface area (Å²) in [5.41, 5.74) is 13.3. The molecule has 3 aliphatic rings. The van der Waals surface area contributed by atoms with Crippen LogP contribution in [0.4, 0.5) is 17.6 Å². The monoisotopic (exact) mass is 1220 g/mol. The molecule has 81 heavy (non-hydrogen) atoms. The van der Waals surface area contributed by atoms with Crippen LogP contribution in [0.15, 0.2) is 170 Å². The molecular weight excluding hydrogens is 1160 g/mol. The van der Waals surface area contributed by atoms with Gasteiger partial charge in [0, 0.05) is 10.7 Å². The highest BCUT2D eigenvalue weighted by Gasteiger charge is 2.48. The first-order chi connectivity index (χ1) is 38.9. The van der Waals surface area contributed by atoms with E-state index >= 15 is 0 Å². The summed E-state index contributed by atoms with van der Waals surface area (Å²) < 4.78 is 54.3. The number of benzene rings is 8. The minimum absolute atomic E-state index is 0.233. The van der Waals surface area contributed by atoms with Gasteiger partial charge in [-0.05, 0) is 180 Å². The van der Waals surface area contributed by atoms with E-state index in [1.54, 1.807) is 75.6 Å². The topological polar surface area (TPSA) is 134 Å². The third-order valence-corrected chi connectivity index (χ3v) is 17.1. The van der Waals surface area contributed by atoms with Crippen molar-refractivity contribution in [1.29, 1.82) is 10.5 Å². The Bertz CT molecular complexity index is 3570. The number of carboxylic acid groups (broad SMARTS) is 1. The number of carboxylic acids is 1. The summed E-state index contributed by atoms with van der Waals surface area (Å²) in [5.74, 6) is -2.54. The fraction of sp³-hybridized carbons (Fsp3) is 0.235. The Labute approximate surface area is 488 Å². The predicted molar refractivity (Wildman–Crippen MR) is 315 cm³/mol. The van der Waals surface area contributed by atoms with Crippen LogP contribution in [-0.2, 0) is 81.4 Å². The fourth-order valence-electron chi connectivity index (χ4n) is 11.3. The largest absolute Gasteiger partial charge is 0.481 e. The maximum atomic E-state index is 13.9. The number of carbonyl (C=O) groups excluding carboxylic acids is 1. The summed E-state index contributed by atoms with van der Waals surface area (Å²) in [4.78, 5) is 24.3. The highest BCUT2D eigenvalue weighted by Crippen LogP contribution is 2.44. The quantitative estimate of drug-likeness (QED) is 0.0600. The Balaban J connectivity index is 0.000000150. The van der Waals surface area contributed by atoms with Gasteiger partial charge in [0.05, 0.1) is 29.4 Å². The van der Waals surface area contributed by atoms with Crippen molar-refractivity contribution in [1.82, 2.24) is 5.48 Å². The number of rotatable bonds is 8. The number of nitriles is 2. The highest BCUT2D eigenvalue weighted by atomic mass is 79.9. The third kappa shape index (κ3) is 13.2. The van der Waals surface area contributed by atoms with E-state index in [9.17, 15) is 37.5 Å². The molecule has 8 aromatic rings. The lowest BCUT2D eigenvalue weighted by atomic mass is 9.75. The zero-order chi connectivity index (χ0) is 58.5. The number of hydrogen-bond donors (Lipinski definition) is 3. The van der Waals surface area contributed by atoms with Gasteiger partial charge in [0.15, 0.2) is 0 Å². The molecular formula is C68H61Br2F4N3O4. The van der Waals surface area contributed by atoms with Gasteiger partial charge in [0.2, 0.25) is 0 Å². The van der Waals surface area contributed by atoms with E-state index in [-0.39, 0.29) is 29.7 Å². The van der Waals surface area contributed by atoms with E-state index in [1.165, 1.54) is 46.5 Å². The molecule has 0 aliphatic heterocycles. The zero-order valence-electron chi connectivity index (χ0n) is 45.4. The summed E-state index contributed by atoms with van der Waals surface area (Å²) in [6.07, 6.45) is 3.38. The number of aliphatic carboxylic acids is 1. The first kappa shape index (κ1) is 61.0. The van der Waals surface area contributed by atoms with Crippen LogP contribution in [0, 0.1) is 73.6 Å². The molecule has 0 bridgehead atoms. The van der Waals surface area contributed by atoms with Crippen LogP contribution < -0.4 is 5.48 Å². The van der Waals surface area contributed by atoms with Gasteiger partial charge in [0.25, 0.3) is 5.91 Å². The second kappa shape index (κ2) is 27.2. The molecule has 11 rings (SSSR count). The van der Waals surface area contributed by atoms with Crippen molar-refractivity contribution in [2.45, 2.75) is 99.5 Å². The molecule has 3 aliphatic carbocycles. The molecule has 13 heteroatoms. The third-order valence-electron chi connectivity index (χ3n) is 15.9. The molecule has 0 aromatic heterocycles. The van der Waals surface area contributed by atoms with E-state index < -0.39 is 28.1 Å². The minimum Gasteiger partial charge on any atom is -0.481 e. The van der Waals surface area contributed by atoms with Crippen molar-refractivity contribution in [3.63, 3.8) is 0 Å². The van der Waals surface area contributed by atoms with Gasteiger partial charge in [-0.3, -0.25) is 14.8 Å². The zero-order valence-corrected chi connectivity index (χ0v) is 48.6. The normalized spacial score (nSPS) is 14.1. The highest BCUT2D eigenvalue weighted by molar-refractivity contribution is 9.09. The summed E-state index contributed by atoms with van der Waals surface area (Å²) >= 11 is 6.86. The number of fused-ring (bicyclic) bond motifs is 3. The number of halogens is 6. The van der Waals surface area contributed by atoms with E-state index in [1.807, 2.05) is 72.8 Å². The average molecular weight is 1220 g/mol. The molecule has 414 valence electrons. The number of amides is 1. The smallest absolute Gasteiger partial charge is 0.314 e. The Morgan fingerprint density at radius 2 is 0.790 bits per heavy atom. The Hall–Kier alpha value is -7.68. The van der Waals surface area contributed by atoms with Crippen LogP contribution in [0.5, 0.6) is 0 Å². The van der Waals surface area contributed by atoms with E-state index in [0.717, 1.165) is 44.0 Å². The SMILES string of the molecule is BrCc1ccccc1CBr.Cc1c(F)cccc1C1(C#N)Cc2ccccc2C1.Cc1c(F)cccc1C1(C(=O)NO)Cc2ccccc2C1.Cc1c(F)cccc1C1(C(=O)O)Cc2ccccc2C1.Cc1c(F)cccc1CC#N. The van der Waals surface area contributed by atoms with Gasteiger partial charge in [0.1, 0.15) is 28.7 Å². The van der Waals surface area contributed by atoms with Crippen LogP contribution >= 0.6 is 31.9 Å². The molecule has 0 saturated carbocycles. The Kier molecular flexibility index (Phi) is 20.5. The van der Waals surface area contributed by atoms with Gasteiger partial charge in [-0.25, -0.2) is 23.0 Å². The molecule has 0 fully saturated rings. The molecule has 0 heterocycles. The molecule has 0 unspecified atom stereocenters. The molecule has 0 radical (unpaired) electrons. The minimum atomic E-state index is -1.05. The van der Waals surface area contributed by atoms with Crippen LogP contribution in [-0.4, -0.2) is 22.2 Å². The first-order valence-corrected chi connectivity index (χ1v) is 28.5. The van der Waals surface area contributed by atoms with Crippen molar-refractivity contribution in [2.75, 3.05) is 0 Å². The molecule has 8 aromatic carbocycles. The number of hydrogen-bond acceptors (Lipinski definition) is 5. The Morgan fingerprint density at radius 1 is 0.469 bits per heavy atom. The van der Waals surface area contributed by atoms with E-state index in [4.69, 9.17) is 10.5 Å². The van der Waals surface area contributed by atoms with Crippen LogP contribution in [0.25, 0.3) is 0 Å². The molecule has 3 N–H and O–H groups in total. The van der Waals surface area contributed by atoms with Crippen LogP contribution in [0.3, 0.4) is 0 Å². The van der Waals surface area contributed by atoms with Gasteiger partial charge in [-0.15, -0.1) is 0 Å². The summed E-state index contributed by atoms with van der Waals surface area (Å²) in [6.45, 7) is 6.76. The maximum absolute atomic E-state index is 13.9. The van der Waals surface area contributed by atoms with Crippen molar-refractivity contribution >= 4 is 43.7 Å². The molecule has 0 saturated heterocycles. The molecule has 0 atom stereocenters. The van der Waals surface area contributed by atoms with Crippen molar-refractivity contribution < 1.29 is 37.5 Å². The number of nitrogens with one attached hydrogen (secondary N) is 1. The average Bonchev–Trinajstić information content (AvgIpc) is 3.96.